The number of likely N-dealkylation sites (tertiary alicyclic amines) is 1. The van der Waals surface area contributed by atoms with E-state index in [-0.39, 0.29) is 18.4 Å². The van der Waals surface area contributed by atoms with Gasteiger partial charge >= 0.3 is 5.97 Å². The molecule has 8 heteroatoms. The van der Waals surface area contributed by atoms with Crippen molar-refractivity contribution in [3.8, 4) is 0 Å². The fraction of sp³-hybridized carbons (Fsp3) is 0.550. The number of thioether (sulfide) groups is 1. The van der Waals surface area contributed by atoms with Crippen LogP contribution in [-0.4, -0.2) is 60.4 Å². The van der Waals surface area contributed by atoms with Gasteiger partial charge in [-0.15, -0.1) is 0 Å². The molecule has 0 unspecified atom stereocenters. The van der Waals surface area contributed by atoms with Crippen LogP contribution < -0.4 is 5.32 Å². The monoisotopic (exact) mass is 426 g/mol. The Hall–Kier alpha value is -1.73. The first-order chi connectivity index (χ1) is 13.4. The van der Waals surface area contributed by atoms with Crippen LogP contribution in [0.3, 0.4) is 0 Å². The predicted octanol–water partition coefficient (Wildman–Crippen LogP) is 2.99. The highest BCUT2D eigenvalue weighted by molar-refractivity contribution is 7.98. The van der Waals surface area contributed by atoms with Crippen molar-refractivity contribution in [3.05, 3.63) is 34.9 Å². The average molecular weight is 427 g/mol. The summed E-state index contributed by atoms with van der Waals surface area (Å²) in [6.45, 7) is 3.21. The average Bonchev–Trinajstić information content (AvgIpc) is 2.69. The molecule has 2 amide bonds. The lowest BCUT2D eigenvalue weighted by Crippen LogP contribution is -2.45. The van der Waals surface area contributed by atoms with Crippen LogP contribution in [0.25, 0.3) is 0 Å². The fourth-order valence-corrected chi connectivity index (χ4v) is 3.67. The highest BCUT2D eigenvalue weighted by Crippen LogP contribution is 2.15. The third-order valence-corrected chi connectivity index (χ3v) is 5.55. The number of hydrogen-bond acceptors (Lipinski definition) is 5. The van der Waals surface area contributed by atoms with E-state index in [4.69, 9.17) is 16.3 Å². The molecule has 1 aliphatic heterocycles. The zero-order valence-electron chi connectivity index (χ0n) is 16.3. The number of nitrogens with one attached hydrogen (secondary N) is 1. The molecule has 6 nitrogen and oxygen atoms in total. The van der Waals surface area contributed by atoms with Crippen molar-refractivity contribution >= 4 is 41.1 Å². The molecule has 1 heterocycles. The molecule has 28 heavy (non-hydrogen) atoms. The first kappa shape index (κ1) is 22.6. The molecule has 154 valence electrons. The van der Waals surface area contributed by atoms with Gasteiger partial charge in [-0.1, -0.05) is 18.5 Å². The highest BCUT2D eigenvalue weighted by Gasteiger charge is 2.26. The van der Waals surface area contributed by atoms with Crippen LogP contribution >= 0.6 is 23.4 Å². The second-order valence-corrected chi connectivity index (χ2v) is 8.43. The summed E-state index contributed by atoms with van der Waals surface area (Å²) >= 11 is 7.41. The van der Waals surface area contributed by atoms with Crippen molar-refractivity contribution in [2.45, 2.75) is 32.2 Å². The number of amides is 2. The normalized spacial score (nSPS) is 17.7. The SMILES string of the molecule is CSCC[C@H](NC(=O)c1ccc(Cl)cc1)C(=O)OCC(=O)N1CCC[C@@H](C)C1. The fourth-order valence-electron chi connectivity index (χ4n) is 3.07. The minimum Gasteiger partial charge on any atom is -0.454 e. The van der Waals surface area contributed by atoms with Gasteiger partial charge in [-0.3, -0.25) is 9.59 Å². The van der Waals surface area contributed by atoms with E-state index in [0.29, 0.717) is 41.8 Å². The predicted molar refractivity (Wildman–Crippen MR) is 112 cm³/mol. The number of piperidine rings is 1. The van der Waals surface area contributed by atoms with Crippen molar-refractivity contribution in [1.29, 1.82) is 0 Å². The van der Waals surface area contributed by atoms with E-state index >= 15 is 0 Å². The number of benzene rings is 1. The Bertz CT molecular complexity index is 683. The molecule has 0 bridgehead atoms. The van der Waals surface area contributed by atoms with Gasteiger partial charge in [-0.2, -0.15) is 11.8 Å². The Kier molecular flexibility index (Phi) is 9.12. The van der Waals surface area contributed by atoms with E-state index in [9.17, 15) is 14.4 Å². The Morgan fingerprint density at radius 2 is 2.04 bits per heavy atom. The van der Waals surface area contributed by atoms with Gasteiger partial charge in [-0.25, -0.2) is 4.79 Å². The molecule has 0 spiro atoms. The van der Waals surface area contributed by atoms with Gasteiger partial charge in [0.05, 0.1) is 0 Å². The molecule has 1 N–H and O–H groups in total. The summed E-state index contributed by atoms with van der Waals surface area (Å²) in [5, 5.41) is 3.23. The maximum atomic E-state index is 12.5. The molecule has 0 aromatic heterocycles. The van der Waals surface area contributed by atoms with Crippen LogP contribution in [-0.2, 0) is 14.3 Å². The second-order valence-electron chi connectivity index (χ2n) is 7.01. The summed E-state index contributed by atoms with van der Waals surface area (Å²) in [4.78, 5) is 38.9. The maximum absolute atomic E-state index is 12.5. The van der Waals surface area contributed by atoms with Gasteiger partial charge < -0.3 is 15.0 Å². The van der Waals surface area contributed by atoms with E-state index in [1.165, 1.54) is 0 Å². The molecule has 1 aliphatic rings. The van der Waals surface area contributed by atoms with Crippen LogP contribution in [0.15, 0.2) is 24.3 Å². The van der Waals surface area contributed by atoms with E-state index < -0.39 is 12.0 Å². The van der Waals surface area contributed by atoms with Crippen LogP contribution in [0.2, 0.25) is 5.02 Å². The molecule has 0 radical (unpaired) electrons. The van der Waals surface area contributed by atoms with Gasteiger partial charge in [0.1, 0.15) is 6.04 Å². The first-order valence-electron chi connectivity index (χ1n) is 9.40. The third-order valence-electron chi connectivity index (χ3n) is 4.65. The van der Waals surface area contributed by atoms with E-state index in [0.717, 1.165) is 12.8 Å². The number of nitrogens with zero attached hydrogens (tertiary/aromatic N) is 1. The van der Waals surface area contributed by atoms with Crippen molar-refractivity contribution in [2.24, 2.45) is 5.92 Å². The summed E-state index contributed by atoms with van der Waals surface area (Å²) in [7, 11) is 0. The van der Waals surface area contributed by atoms with Gasteiger partial charge in [0.25, 0.3) is 11.8 Å². The molecule has 1 aromatic rings. The Morgan fingerprint density at radius 1 is 1.32 bits per heavy atom. The number of halogens is 1. The first-order valence-corrected chi connectivity index (χ1v) is 11.2. The number of hydrogen-bond donors (Lipinski definition) is 1. The van der Waals surface area contributed by atoms with Crippen LogP contribution in [0, 0.1) is 5.92 Å². The number of carbonyl (C=O) groups excluding carboxylic acids is 3. The summed E-state index contributed by atoms with van der Waals surface area (Å²) in [5.41, 5.74) is 0.407. The van der Waals surface area contributed by atoms with E-state index in [2.05, 4.69) is 12.2 Å². The van der Waals surface area contributed by atoms with Gasteiger partial charge in [-0.05, 0) is 61.5 Å². The molecule has 1 aromatic carbocycles. The zero-order valence-corrected chi connectivity index (χ0v) is 17.9. The van der Waals surface area contributed by atoms with Gasteiger partial charge in [0, 0.05) is 23.7 Å². The molecular formula is C20H27ClN2O4S. The van der Waals surface area contributed by atoms with E-state index in [1.54, 1.807) is 40.9 Å². The summed E-state index contributed by atoms with van der Waals surface area (Å²) < 4.78 is 5.23. The summed E-state index contributed by atoms with van der Waals surface area (Å²) in [5.74, 6) is -0.0160. The van der Waals surface area contributed by atoms with Crippen LogP contribution in [0.4, 0.5) is 0 Å². The Balaban J connectivity index is 1.91. The summed E-state index contributed by atoms with van der Waals surface area (Å²) in [6, 6.07) is 5.61. The number of esters is 1. The lowest BCUT2D eigenvalue weighted by Gasteiger charge is -2.30. The maximum Gasteiger partial charge on any atom is 0.329 e. The van der Waals surface area contributed by atoms with Crippen LogP contribution in [0.5, 0.6) is 0 Å². The third kappa shape index (κ3) is 7.02. The minimum absolute atomic E-state index is 0.187. The van der Waals surface area contributed by atoms with E-state index in [1.807, 2.05) is 6.26 Å². The molecule has 2 rings (SSSR count). The molecular weight excluding hydrogens is 400 g/mol. The highest BCUT2D eigenvalue weighted by atomic mass is 35.5. The smallest absolute Gasteiger partial charge is 0.329 e. The van der Waals surface area contributed by atoms with Crippen molar-refractivity contribution < 1.29 is 19.1 Å². The number of ether oxygens (including phenoxy) is 1. The number of rotatable bonds is 8. The quantitative estimate of drug-likeness (QED) is 0.647. The summed E-state index contributed by atoms with van der Waals surface area (Å²) in [6.07, 6.45) is 4.42. The topological polar surface area (TPSA) is 75.7 Å². The Morgan fingerprint density at radius 3 is 2.68 bits per heavy atom. The zero-order chi connectivity index (χ0) is 20.5. The Labute approximate surface area is 175 Å². The van der Waals surface area contributed by atoms with Crippen molar-refractivity contribution in [2.75, 3.05) is 31.7 Å². The van der Waals surface area contributed by atoms with Gasteiger partial charge in [0.15, 0.2) is 6.61 Å². The molecule has 1 saturated heterocycles. The standard InChI is InChI=1S/C20H27ClN2O4S/c1-14-4-3-10-23(12-14)18(24)13-27-20(26)17(9-11-28-2)22-19(25)15-5-7-16(21)8-6-15/h5-8,14,17H,3-4,9-13H2,1-2H3,(H,22,25)/t14-,17+/m1/s1. The van der Waals surface area contributed by atoms with Crippen molar-refractivity contribution in [1.82, 2.24) is 10.2 Å². The molecule has 0 saturated carbocycles. The lowest BCUT2D eigenvalue weighted by atomic mass is 10.0. The molecule has 2 atom stereocenters. The second kappa shape index (κ2) is 11.3. The minimum atomic E-state index is -0.802. The molecule has 1 fully saturated rings. The molecule has 0 aliphatic carbocycles. The van der Waals surface area contributed by atoms with Gasteiger partial charge in [0.2, 0.25) is 0 Å². The number of carbonyl (C=O) groups is 3. The van der Waals surface area contributed by atoms with Crippen molar-refractivity contribution in [3.63, 3.8) is 0 Å². The lowest BCUT2D eigenvalue weighted by molar-refractivity contribution is -0.154. The van der Waals surface area contributed by atoms with Crippen LogP contribution in [0.1, 0.15) is 36.5 Å². The largest absolute Gasteiger partial charge is 0.454 e.